The van der Waals surface area contributed by atoms with E-state index in [2.05, 4.69) is 26.8 Å². The van der Waals surface area contributed by atoms with Crippen molar-refractivity contribution < 1.29 is 9.53 Å². The minimum Gasteiger partial charge on any atom is -0.491 e. The van der Waals surface area contributed by atoms with Gasteiger partial charge in [0.15, 0.2) is 5.13 Å². The molecular formula is C25H25N5O2S. The van der Waals surface area contributed by atoms with E-state index in [-0.39, 0.29) is 5.91 Å². The predicted molar refractivity (Wildman–Crippen MR) is 132 cm³/mol. The van der Waals surface area contributed by atoms with E-state index in [0.29, 0.717) is 28.6 Å². The molecule has 5 rings (SSSR count). The molecule has 0 aliphatic carbocycles. The zero-order valence-electron chi connectivity index (χ0n) is 18.2. The fraction of sp³-hybridized carbons (Fsp3) is 0.240. The predicted octanol–water partition coefficient (Wildman–Crippen LogP) is 4.97. The maximum atomic E-state index is 12.8. The van der Waals surface area contributed by atoms with E-state index in [1.807, 2.05) is 41.8 Å². The molecule has 0 unspecified atom stereocenters. The van der Waals surface area contributed by atoms with Crippen LogP contribution in [0.15, 0.2) is 66.2 Å². The number of aromatic amines is 1. The van der Waals surface area contributed by atoms with Gasteiger partial charge < -0.3 is 9.72 Å². The molecule has 2 N–H and O–H groups in total. The number of anilines is 1. The average Bonchev–Trinajstić information content (AvgIpc) is 3.50. The Morgan fingerprint density at radius 2 is 2.03 bits per heavy atom. The van der Waals surface area contributed by atoms with Crippen molar-refractivity contribution in [2.45, 2.75) is 12.8 Å². The van der Waals surface area contributed by atoms with Crippen LogP contribution in [0.25, 0.3) is 22.4 Å². The van der Waals surface area contributed by atoms with Gasteiger partial charge in [-0.2, -0.15) is 0 Å². The molecule has 0 bridgehead atoms. The molecule has 0 saturated carbocycles. The van der Waals surface area contributed by atoms with Crippen molar-refractivity contribution in [3.05, 3.63) is 71.8 Å². The monoisotopic (exact) mass is 459 g/mol. The largest absolute Gasteiger partial charge is 0.491 e. The average molecular weight is 460 g/mol. The third kappa shape index (κ3) is 4.81. The standard InChI is InChI=1S/C25H25N5O2S/c1-17-9-12-30(13-10-17)14-15-32-21-8-3-2-5-18(21)23-27-20-7-4-6-19(22(20)28-23)24(31)29-25-26-11-16-33-25/h2-8,11,16H,1,9-10,12-15H2,(H,27,28)(H,26,29,31). The van der Waals surface area contributed by atoms with E-state index in [9.17, 15) is 4.79 Å². The van der Waals surface area contributed by atoms with Crippen molar-refractivity contribution in [3.8, 4) is 17.1 Å². The molecule has 7 nitrogen and oxygen atoms in total. The molecule has 4 aromatic rings. The van der Waals surface area contributed by atoms with Crippen LogP contribution >= 0.6 is 11.3 Å². The lowest BCUT2D eigenvalue weighted by atomic mass is 10.1. The number of likely N-dealkylation sites (tertiary alicyclic amines) is 1. The number of hydrogen-bond acceptors (Lipinski definition) is 6. The smallest absolute Gasteiger partial charge is 0.259 e. The van der Waals surface area contributed by atoms with Crippen LogP contribution in [0, 0.1) is 0 Å². The van der Waals surface area contributed by atoms with Gasteiger partial charge in [0, 0.05) is 31.2 Å². The summed E-state index contributed by atoms with van der Waals surface area (Å²) in [6.45, 7) is 7.64. The molecule has 1 saturated heterocycles. The summed E-state index contributed by atoms with van der Waals surface area (Å²) in [7, 11) is 0. The van der Waals surface area contributed by atoms with E-state index >= 15 is 0 Å². The third-order valence-corrected chi connectivity index (χ3v) is 6.47. The van der Waals surface area contributed by atoms with Crippen LogP contribution in [0.2, 0.25) is 0 Å². The molecule has 2 aromatic carbocycles. The molecule has 3 heterocycles. The van der Waals surface area contributed by atoms with Crippen LogP contribution in [-0.2, 0) is 0 Å². The van der Waals surface area contributed by atoms with Gasteiger partial charge in [-0.3, -0.25) is 15.0 Å². The van der Waals surface area contributed by atoms with Crippen LogP contribution < -0.4 is 10.1 Å². The number of thiazole rings is 1. The summed E-state index contributed by atoms with van der Waals surface area (Å²) in [6.07, 6.45) is 3.79. The number of carbonyl (C=O) groups excluding carboxylic acids is 1. The first-order valence-corrected chi connectivity index (χ1v) is 11.9. The molecule has 1 aliphatic heterocycles. The molecule has 33 heavy (non-hydrogen) atoms. The zero-order chi connectivity index (χ0) is 22.6. The van der Waals surface area contributed by atoms with Crippen LogP contribution in [0.5, 0.6) is 5.75 Å². The summed E-state index contributed by atoms with van der Waals surface area (Å²) in [6, 6.07) is 13.4. The molecule has 0 radical (unpaired) electrons. The molecule has 8 heteroatoms. The highest BCUT2D eigenvalue weighted by molar-refractivity contribution is 7.13. The lowest BCUT2D eigenvalue weighted by molar-refractivity contribution is 0.102. The highest BCUT2D eigenvalue weighted by atomic mass is 32.1. The van der Waals surface area contributed by atoms with Gasteiger partial charge in [-0.1, -0.05) is 30.4 Å². The molecule has 1 aliphatic rings. The molecule has 1 fully saturated rings. The summed E-state index contributed by atoms with van der Waals surface area (Å²) < 4.78 is 6.15. The number of hydrogen-bond donors (Lipinski definition) is 2. The van der Waals surface area contributed by atoms with Crippen LogP contribution in [-0.4, -0.2) is 52.0 Å². The van der Waals surface area contributed by atoms with Crippen molar-refractivity contribution in [2.24, 2.45) is 0 Å². The fourth-order valence-electron chi connectivity index (χ4n) is 3.96. The maximum absolute atomic E-state index is 12.8. The van der Waals surface area contributed by atoms with E-state index in [1.54, 1.807) is 12.3 Å². The number of carbonyl (C=O) groups is 1. The highest BCUT2D eigenvalue weighted by Crippen LogP contribution is 2.30. The Morgan fingerprint density at radius 1 is 1.18 bits per heavy atom. The van der Waals surface area contributed by atoms with Gasteiger partial charge in [-0.05, 0) is 37.1 Å². The minimum absolute atomic E-state index is 0.234. The summed E-state index contributed by atoms with van der Waals surface area (Å²) in [5, 5.41) is 5.21. The van der Waals surface area contributed by atoms with Gasteiger partial charge in [-0.15, -0.1) is 11.3 Å². The Hall–Kier alpha value is -3.49. The minimum atomic E-state index is -0.234. The van der Waals surface area contributed by atoms with Crippen molar-refractivity contribution in [1.82, 2.24) is 19.9 Å². The summed E-state index contributed by atoms with van der Waals surface area (Å²) in [5.41, 5.74) is 4.11. The lowest BCUT2D eigenvalue weighted by Crippen LogP contribution is -2.34. The maximum Gasteiger partial charge on any atom is 0.259 e. The van der Waals surface area contributed by atoms with Gasteiger partial charge >= 0.3 is 0 Å². The number of rotatable bonds is 7. The first-order chi connectivity index (χ1) is 16.2. The van der Waals surface area contributed by atoms with Gasteiger partial charge in [0.05, 0.1) is 16.6 Å². The van der Waals surface area contributed by atoms with E-state index in [0.717, 1.165) is 49.3 Å². The van der Waals surface area contributed by atoms with E-state index in [4.69, 9.17) is 9.72 Å². The number of benzene rings is 2. The van der Waals surface area contributed by atoms with Gasteiger partial charge in [0.2, 0.25) is 0 Å². The number of piperidine rings is 1. The first-order valence-electron chi connectivity index (χ1n) is 11.0. The fourth-order valence-corrected chi connectivity index (χ4v) is 4.48. The summed E-state index contributed by atoms with van der Waals surface area (Å²) in [5.74, 6) is 1.21. The van der Waals surface area contributed by atoms with E-state index < -0.39 is 0 Å². The third-order valence-electron chi connectivity index (χ3n) is 5.78. The summed E-state index contributed by atoms with van der Waals surface area (Å²) >= 11 is 1.38. The second-order valence-corrected chi connectivity index (χ2v) is 8.91. The summed E-state index contributed by atoms with van der Waals surface area (Å²) in [4.78, 5) is 27.5. The van der Waals surface area contributed by atoms with Crippen LogP contribution in [0.1, 0.15) is 23.2 Å². The van der Waals surface area contributed by atoms with Crippen molar-refractivity contribution >= 4 is 33.4 Å². The topological polar surface area (TPSA) is 83.1 Å². The van der Waals surface area contributed by atoms with Crippen molar-refractivity contribution in [1.29, 1.82) is 0 Å². The molecular weight excluding hydrogens is 434 g/mol. The Bertz CT molecular complexity index is 1270. The second-order valence-electron chi connectivity index (χ2n) is 8.01. The molecule has 0 atom stereocenters. The van der Waals surface area contributed by atoms with Gasteiger partial charge in [-0.25, -0.2) is 9.97 Å². The van der Waals surface area contributed by atoms with Crippen molar-refractivity contribution in [3.63, 3.8) is 0 Å². The number of aromatic nitrogens is 3. The quantitative estimate of drug-likeness (QED) is 0.381. The molecule has 1 amide bonds. The number of fused-ring (bicyclic) bond motifs is 1. The number of amides is 1. The van der Waals surface area contributed by atoms with Gasteiger partial charge in [0.1, 0.15) is 23.7 Å². The normalized spacial score (nSPS) is 14.5. The number of nitrogens with zero attached hydrogens (tertiary/aromatic N) is 3. The van der Waals surface area contributed by atoms with E-state index in [1.165, 1.54) is 16.9 Å². The Labute approximate surface area is 196 Å². The Morgan fingerprint density at radius 3 is 2.85 bits per heavy atom. The lowest BCUT2D eigenvalue weighted by Gasteiger charge is -2.27. The van der Waals surface area contributed by atoms with Gasteiger partial charge in [0.25, 0.3) is 5.91 Å². The van der Waals surface area contributed by atoms with Crippen LogP contribution in [0.4, 0.5) is 5.13 Å². The number of ether oxygens (including phenoxy) is 1. The highest BCUT2D eigenvalue weighted by Gasteiger charge is 2.18. The SMILES string of the molecule is C=C1CCN(CCOc2ccccc2-c2nc3c(C(=O)Nc4nccs4)cccc3[nH]2)CC1. The van der Waals surface area contributed by atoms with Crippen LogP contribution in [0.3, 0.4) is 0 Å². The number of H-pyrrole nitrogens is 1. The number of nitrogens with one attached hydrogen (secondary N) is 2. The first kappa shape index (κ1) is 21.4. The Balaban J connectivity index is 1.35. The Kier molecular flexibility index (Phi) is 6.19. The molecule has 168 valence electrons. The number of imidazole rings is 1. The number of para-hydroxylation sites is 2. The van der Waals surface area contributed by atoms with Crippen molar-refractivity contribution in [2.75, 3.05) is 31.6 Å². The second kappa shape index (κ2) is 9.56. The molecule has 0 spiro atoms. The zero-order valence-corrected chi connectivity index (χ0v) is 19.0. The molecule has 2 aromatic heterocycles.